The van der Waals surface area contributed by atoms with E-state index in [9.17, 15) is 24.0 Å². The standard InChI is InChI=1S/C17H28N4O7/c1-9(2)6-11(15(26)19-8-14(24)25)20-16(27)12-4-3-5-21(12)17(28)10(18)7-13(22)23/h9-12H,3-8,18H2,1-2H3,(H,19,26)(H,20,27)(H,22,23)(H,24,25). The number of carbonyl (C=O) groups excluding carboxylic acids is 3. The maximum absolute atomic E-state index is 12.7. The number of carboxylic acid groups (broad SMARTS) is 2. The first-order valence-electron chi connectivity index (χ1n) is 9.10. The van der Waals surface area contributed by atoms with Gasteiger partial charge in [0.1, 0.15) is 18.6 Å². The van der Waals surface area contributed by atoms with Gasteiger partial charge in [-0.05, 0) is 25.2 Å². The molecule has 0 aliphatic carbocycles. The number of nitrogens with zero attached hydrogens (tertiary/aromatic N) is 1. The molecule has 3 amide bonds. The van der Waals surface area contributed by atoms with Gasteiger partial charge in [0.15, 0.2) is 0 Å². The van der Waals surface area contributed by atoms with Crippen molar-refractivity contribution in [2.45, 2.75) is 57.7 Å². The zero-order chi connectivity index (χ0) is 21.4. The van der Waals surface area contributed by atoms with E-state index >= 15 is 0 Å². The monoisotopic (exact) mass is 400 g/mol. The Kier molecular flexibility index (Phi) is 8.83. The van der Waals surface area contributed by atoms with Gasteiger partial charge in [0.25, 0.3) is 0 Å². The fraction of sp³-hybridized carbons (Fsp3) is 0.706. The van der Waals surface area contributed by atoms with Crippen molar-refractivity contribution in [3.05, 3.63) is 0 Å². The summed E-state index contributed by atoms with van der Waals surface area (Å²) in [7, 11) is 0. The molecule has 0 aromatic carbocycles. The fourth-order valence-electron chi connectivity index (χ4n) is 3.05. The first-order valence-corrected chi connectivity index (χ1v) is 9.10. The van der Waals surface area contributed by atoms with E-state index in [0.29, 0.717) is 12.8 Å². The maximum atomic E-state index is 12.7. The van der Waals surface area contributed by atoms with Gasteiger partial charge in [-0.15, -0.1) is 0 Å². The first-order chi connectivity index (χ1) is 13.0. The summed E-state index contributed by atoms with van der Waals surface area (Å²) in [4.78, 5) is 59.9. The van der Waals surface area contributed by atoms with Gasteiger partial charge >= 0.3 is 11.9 Å². The van der Waals surface area contributed by atoms with E-state index in [1.807, 2.05) is 13.8 Å². The Morgan fingerprint density at radius 2 is 1.79 bits per heavy atom. The van der Waals surface area contributed by atoms with Gasteiger partial charge in [-0.3, -0.25) is 24.0 Å². The van der Waals surface area contributed by atoms with Crippen LogP contribution in [-0.4, -0.2) is 76.0 Å². The van der Waals surface area contributed by atoms with Crippen molar-refractivity contribution in [3.63, 3.8) is 0 Å². The zero-order valence-electron chi connectivity index (χ0n) is 16.0. The van der Waals surface area contributed by atoms with Crippen LogP contribution in [0, 0.1) is 5.92 Å². The van der Waals surface area contributed by atoms with Crippen LogP contribution in [0.25, 0.3) is 0 Å². The smallest absolute Gasteiger partial charge is 0.322 e. The minimum atomic E-state index is -1.25. The SMILES string of the molecule is CC(C)CC(NC(=O)C1CCCN1C(=O)C(N)CC(=O)O)C(=O)NCC(=O)O. The van der Waals surface area contributed by atoms with E-state index in [4.69, 9.17) is 15.9 Å². The van der Waals surface area contributed by atoms with Crippen molar-refractivity contribution < 1.29 is 34.2 Å². The Bertz CT molecular complexity index is 623. The number of carbonyl (C=O) groups is 5. The third-order valence-electron chi connectivity index (χ3n) is 4.30. The van der Waals surface area contributed by atoms with Crippen LogP contribution in [0.2, 0.25) is 0 Å². The highest BCUT2D eigenvalue weighted by atomic mass is 16.4. The first kappa shape index (κ1) is 23.3. The van der Waals surface area contributed by atoms with Gasteiger partial charge in [0.2, 0.25) is 17.7 Å². The molecule has 0 bridgehead atoms. The minimum absolute atomic E-state index is 0.0474. The van der Waals surface area contributed by atoms with Crippen molar-refractivity contribution in [2.24, 2.45) is 11.7 Å². The number of nitrogens with one attached hydrogen (secondary N) is 2. The number of rotatable bonds is 10. The molecule has 3 atom stereocenters. The molecule has 1 heterocycles. The third kappa shape index (κ3) is 7.14. The van der Waals surface area contributed by atoms with Gasteiger partial charge in [0, 0.05) is 6.54 Å². The quantitative estimate of drug-likeness (QED) is 0.294. The Labute approximate surface area is 162 Å². The largest absolute Gasteiger partial charge is 0.481 e. The van der Waals surface area contributed by atoms with E-state index in [0.717, 1.165) is 0 Å². The number of amides is 3. The van der Waals surface area contributed by atoms with Crippen molar-refractivity contribution in [1.29, 1.82) is 0 Å². The van der Waals surface area contributed by atoms with E-state index in [2.05, 4.69) is 10.6 Å². The number of aliphatic carboxylic acids is 2. The molecule has 0 aromatic rings. The van der Waals surface area contributed by atoms with Gasteiger partial charge in [-0.2, -0.15) is 0 Å². The summed E-state index contributed by atoms with van der Waals surface area (Å²) in [5.74, 6) is -4.18. The maximum Gasteiger partial charge on any atom is 0.322 e. The van der Waals surface area contributed by atoms with Crippen LogP contribution in [0.15, 0.2) is 0 Å². The molecular formula is C17H28N4O7. The van der Waals surface area contributed by atoms with Crippen LogP contribution in [0.1, 0.15) is 39.5 Å². The van der Waals surface area contributed by atoms with Crippen LogP contribution in [0.3, 0.4) is 0 Å². The lowest BCUT2D eigenvalue weighted by Gasteiger charge is -2.28. The zero-order valence-corrected chi connectivity index (χ0v) is 16.0. The molecule has 0 radical (unpaired) electrons. The lowest BCUT2D eigenvalue weighted by Crippen LogP contribution is -2.55. The highest BCUT2D eigenvalue weighted by molar-refractivity contribution is 5.94. The topological polar surface area (TPSA) is 179 Å². The molecular weight excluding hydrogens is 372 g/mol. The molecule has 1 saturated heterocycles. The van der Waals surface area contributed by atoms with Crippen LogP contribution in [-0.2, 0) is 24.0 Å². The van der Waals surface area contributed by atoms with Crippen molar-refractivity contribution in [2.75, 3.05) is 13.1 Å². The molecule has 1 aliphatic rings. The summed E-state index contributed by atoms with van der Waals surface area (Å²) in [6, 6.07) is -3.05. The second kappa shape index (κ2) is 10.6. The molecule has 158 valence electrons. The Hall–Kier alpha value is -2.69. The second-order valence-electron chi connectivity index (χ2n) is 7.20. The highest BCUT2D eigenvalue weighted by Crippen LogP contribution is 2.19. The number of likely N-dealkylation sites (tertiary alicyclic amines) is 1. The Morgan fingerprint density at radius 1 is 1.14 bits per heavy atom. The second-order valence-corrected chi connectivity index (χ2v) is 7.20. The molecule has 0 saturated carbocycles. The molecule has 3 unspecified atom stereocenters. The normalized spacial score (nSPS) is 18.4. The van der Waals surface area contributed by atoms with Crippen LogP contribution in [0.5, 0.6) is 0 Å². The third-order valence-corrected chi connectivity index (χ3v) is 4.30. The molecule has 28 heavy (non-hydrogen) atoms. The predicted molar refractivity (Wildman–Crippen MR) is 97.0 cm³/mol. The van der Waals surface area contributed by atoms with Crippen LogP contribution in [0.4, 0.5) is 0 Å². The summed E-state index contributed by atoms with van der Waals surface area (Å²) < 4.78 is 0. The van der Waals surface area contributed by atoms with Crippen molar-refractivity contribution in [3.8, 4) is 0 Å². The average Bonchev–Trinajstić information content (AvgIpc) is 3.06. The summed E-state index contributed by atoms with van der Waals surface area (Å²) in [6.45, 7) is 3.39. The number of hydrogen-bond donors (Lipinski definition) is 5. The Balaban J connectivity index is 2.81. The van der Waals surface area contributed by atoms with E-state index < -0.39 is 60.8 Å². The summed E-state index contributed by atoms with van der Waals surface area (Å²) in [5, 5.41) is 22.3. The van der Waals surface area contributed by atoms with E-state index in [1.54, 1.807) is 0 Å². The minimum Gasteiger partial charge on any atom is -0.481 e. The predicted octanol–water partition coefficient (Wildman–Crippen LogP) is -1.49. The van der Waals surface area contributed by atoms with Gasteiger partial charge in [-0.1, -0.05) is 13.8 Å². The summed E-state index contributed by atoms with van der Waals surface area (Å²) in [6.07, 6.45) is 0.653. The molecule has 1 rings (SSSR count). The summed E-state index contributed by atoms with van der Waals surface area (Å²) >= 11 is 0. The molecule has 0 aromatic heterocycles. The molecule has 0 spiro atoms. The van der Waals surface area contributed by atoms with Gasteiger partial charge in [0.05, 0.1) is 12.5 Å². The van der Waals surface area contributed by atoms with Crippen molar-refractivity contribution >= 4 is 29.7 Å². The van der Waals surface area contributed by atoms with Crippen LogP contribution < -0.4 is 16.4 Å². The van der Waals surface area contributed by atoms with Crippen molar-refractivity contribution in [1.82, 2.24) is 15.5 Å². The lowest BCUT2D eigenvalue weighted by atomic mass is 10.0. The average molecular weight is 400 g/mol. The molecule has 1 fully saturated rings. The molecule has 11 heteroatoms. The van der Waals surface area contributed by atoms with Gasteiger partial charge < -0.3 is 31.5 Å². The lowest BCUT2D eigenvalue weighted by molar-refractivity contribution is -0.144. The number of hydrogen-bond acceptors (Lipinski definition) is 6. The van der Waals surface area contributed by atoms with E-state index in [-0.39, 0.29) is 18.9 Å². The van der Waals surface area contributed by atoms with Gasteiger partial charge in [-0.25, -0.2) is 0 Å². The molecule has 11 nitrogen and oxygen atoms in total. The number of nitrogens with two attached hydrogens (primary N) is 1. The highest BCUT2D eigenvalue weighted by Gasteiger charge is 2.38. The summed E-state index contributed by atoms with van der Waals surface area (Å²) in [5.41, 5.74) is 5.62. The number of carboxylic acids is 2. The van der Waals surface area contributed by atoms with E-state index in [1.165, 1.54) is 4.90 Å². The molecule has 1 aliphatic heterocycles. The fourth-order valence-corrected chi connectivity index (χ4v) is 3.05. The Morgan fingerprint density at radius 3 is 2.32 bits per heavy atom. The molecule has 6 N–H and O–H groups in total. The van der Waals surface area contributed by atoms with Crippen LogP contribution >= 0.6 is 0 Å².